The second-order valence-electron chi connectivity index (χ2n) is 9.80. The summed E-state index contributed by atoms with van der Waals surface area (Å²) in [6, 6.07) is 7.57. The van der Waals surface area contributed by atoms with E-state index in [1.807, 2.05) is 24.3 Å². The van der Waals surface area contributed by atoms with Gasteiger partial charge in [0, 0.05) is 24.6 Å². The Morgan fingerprint density at radius 3 is 2.49 bits per heavy atom. The molecule has 1 saturated carbocycles. The molecular weight excluding hydrogens is 463 g/mol. The van der Waals surface area contributed by atoms with E-state index in [4.69, 9.17) is 0 Å². The summed E-state index contributed by atoms with van der Waals surface area (Å²) in [6.07, 6.45) is -0.606. The lowest BCUT2D eigenvalue weighted by Gasteiger charge is -2.36. The number of piperidine rings is 1. The molecule has 11 heteroatoms. The van der Waals surface area contributed by atoms with Gasteiger partial charge in [-0.1, -0.05) is 12.1 Å². The van der Waals surface area contributed by atoms with Crippen molar-refractivity contribution < 1.29 is 28.2 Å². The standard InChI is InChI=1S/C24H28F3N5O3/c1-23(35,24(25,26)27)21(34)31-12-10-14(11-13-31)6-9-16-19(15-7-8-15)30-32(20(16)33)22-28-17-4-2-3-5-18(17)29-22/h2-5,14-15,33,35H,6-13H2,1H3,(H,28,29)/t23-/m1/s1. The van der Waals surface area contributed by atoms with Crippen LogP contribution in [0.25, 0.3) is 17.0 Å². The monoisotopic (exact) mass is 491 g/mol. The van der Waals surface area contributed by atoms with Crippen LogP contribution in [0.1, 0.15) is 56.2 Å². The Balaban J connectivity index is 1.26. The summed E-state index contributed by atoms with van der Waals surface area (Å²) in [7, 11) is 0. The number of carbonyl (C=O) groups excluding carboxylic acids is 1. The van der Waals surface area contributed by atoms with E-state index in [0.717, 1.165) is 46.5 Å². The number of para-hydroxylation sites is 2. The predicted molar refractivity (Wildman–Crippen MR) is 121 cm³/mol. The van der Waals surface area contributed by atoms with E-state index >= 15 is 0 Å². The number of benzene rings is 1. The van der Waals surface area contributed by atoms with Crippen LogP contribution in [0.2, 0.25) is 0 Å². The Hall–Kier alpha value is -3.08. The first kappa shape index (κ1) is 23.7. The van der Waals surface area contributed by atoms with Crippen molar-refractivity contribution in [2.24, 2.45) is 5.92 Å². The number of aromatic nitrogens is 4. The quantitative estimate of drug-likeness (QED) is 0.486. The number of hydrogen-bond donors (Lipinski definition) is 3. The average Bonchev–Trinajstić information content (AvgIpc) is 3.49. The maximum absolute atomic E-state index is 13.0. The van der Waals surface area contributed by atoms with Gasteiger partial charge in [-0.25, -0.2) is 4.98 Å². The van der Waals surface area contributed by atoms with E-state index in [1.165, 1.54) is 4.68 Å². The summed E-state index contributed by atoms with van der Waals surface area (Å²) in [5.41, 5.74) is -0.102. The molecule has 0 spiro atoms. The van der Waals surface area contributed by atoms with Gasteiger partial charge in [0.15, 0.2) is 0 Å². The van der Waals surface area contributed by atoms with Gasteiger partial charge in [0.1, 0.15) is 0 Å². The van der Waals surface area contributed by atoms with Gasteiger partial charge in [-0.3, -0.25) is 4.79 Å². The van der Waals surface area contributed by atoms with E-state index in [-0.39, 0.29) is 24.9 Å². The predicted octanol–water partition coefficient (Wildman–Crippen LogP) is 3.82. The Labute approximate surface area is 199 Å². The number of aromatic amines is 1. The molecule has 1 aliphatic carbocycles. The molecule has 1 aromatic carbocycles. The molecule has 0 radical (unpaired) electrons. The van der Waals surface area contributed by atoms with E-state index in [1.54, 1.807) is 0 Å². The highest BCUT2D eigenvalue weighted by molar-refractivity contribution is 5.85. The summed E-state index contributed by atoms with van der Waals surface area (Å²) < 4.78 is 40.5. The zero-order chi connectivity index (χ0) is 25.0. The number of H-pyrrole nitrogens is 1. The molecule has 0 unspecified atom stereocenters. The fraction of sp³-hybridized carbons (Fsp3) is 0.542. The molecule has 3 heterocycles. The van der Waals surface area contributed by atoms with E-state index in [2.05, 4.69) is 15.1 Å². The number of carbonyl (C=O) groups is 1. The minimum Gasteiger partial charge on any atom is -0.493 e. The summed E-state index contributed by atoms with van der Waals surface area (Å²) >= 11 is 0. The highest BCUT2D eigenvalue weighted by Crippen LogP contribution is 2.44. The van der Waals surface area contributed by atoms with Crippen LogP contribution in [0, 0.1) is 5.92 Å². The molecule has 1 amide bonds. The number of hydrogen-bond acceptors (Lipinski definition) is 5. The number of imidazole rings is 1. The van der Waals surface area contributed by atoms with Crippen LogP contribution in [0.15, 0.2) is 24.3 Å². The Morgan fingerprint density at radius 1 is 1.17 bits per heavy atom. The maximum atomic E-state index is 13.0. The Bertz CT molecular complexity index is 1200. The van der Waals surface area contributed by atoms with E-state index in [9.17, 15) is 28.2 Å². The molecule has 2 aliphatic rings. The average molecular weight is 492 g/mol. The minimum atomic E-state index is -5.02. The number of nitrogens with one attached hydrogen (secondary N) is 1. The van der Waals surface area contributed by atoms with Crippen molar-refractivity contribution in [3.05, 3.63) is 35.5 Å². The van der Waals surface area contributed by atoms with Gasteiger partial charge in [0.25, 0.3) is 5.91 Å². The number of rotatable bonds is 6. The second-order valence-corrected chi connectivity index (χ2v) is 9.80. The first-order valence-corrected chi connectivity index (χ1v) is 11.9. The Morgan fingerprint density at radius 2 is 1.86 bits per heavy atom. The third kappa shape index (κ3) is 4.37. The molecule has 1 saturated heterocycles. The van der Waals surface area contributed by atoms with Crippen molar-refractivity contribution in [3.63, 3.8) is 0 Å². The lowest BCUT2D eigenvalue weighted by molar-refractivity contribution is -0.250. The van der Waals surface area contributed by atoms with Gasteiger partial charge in [0.05, 0.1) is 16.7 Å². The first-order valence-electron chi connectivity index (χ1n) is 11.9. The number of fused-ring (bicyclic) bond motifs is 1. The lowest BCUT2D eigenvalue weighted by atomic mass is 9.89. The summed E-state index contributed by atoms with van der Waals surface area (Å²) in [5.74, 6) is -0.300. The molecule has 188 valence electrons. The van der Waals surface area contributed by atoms with Gasteiger partial charge in [-0.2, -0.15) is 23.0 Å². The largest absolute Gasteiger partial charge is 0.493 e. The maximum Gasteiger partial charge on any atom is 0.426 e. The van der Waals surface area contributed by atoms with Crippen LogP contribution < -0.4 is 0 Å². The fourth-order valence-corrected chi connectivity index (χ4v) is 4.77. The highest BCUT2D eigenvalue weighted by atomic mass is 19.4. The number of alkyl halides is 3. The third-order valence-corrected chi connectivity index (χ3v) is 7.20. The third-order valence-electron chi connectivity index (χ3n) is 7.20. The smallest absolute Gasteiger partial charge is 0.426 e. The molecular formula is C24H28F3N5O3. The zero-order valence-corrected chi connectivity index (χ0v) is 19.3. The van der Waals surface area contributed by atoms with Crippen molar-refractivity contribution in [3.8, 4) is 11.8 Å². The molecule has 3 N–H and O–H groups in total. The molecule has 5 rings (SSSR count). The number of nitrogens with zero attached hydrogens (tertiary/aromatic N) is 4. The molecule has 0 bridgehead atoms. The molecule has 1 aliphatic heterocycles. The van der Waals surface area contributed by atoms with Crippen molar-refractivity contribution in [2.45, 2.75) is 63.1 Å². The van der Waals surface area contributed by atoms with Crippen LogP contribution in [0.5, 0.6) is 5.88 Å². The second kappa shape index (κ2) is 8.54. The van der Waals surface area contributed by atoms with Crippen LogP contribution in [-0.2, 0) is 11.2 Å². The SMILES string of the molecule is C[C@@](O)(C(=O)N1CCC(CCc2c(C3CC3)nn(-c3nc4ccccc4[nH]3)c2O)CC1)C(F)(F)F. The summed E-state index contributed by atoms with van der Waals surface area (Å²) in [6.45, 7) is 0.828. The summed E-state index contributed by atoms with van der Waals surface area (Å²) in [4.78, 5) is 21.0. The molecule has 2 aromatic heterocycles. The normalized spacial score (nSPS) is 19.3. The lowest BCUT2D eigenvalue weighted by Crippen LogP contribution is -2.57. The summed E-state index contributed by atoms with van der Waals surface area (Å²) in [5, 5.41) is 25.4. The number of likely N-dealkylation sites (tertiary alicyclic amines) is 1. The fourth-order valence-electron chi connectivity index (χ4n) is 4.77. The van der Waals surface area contributed by atoms with Crippen LogP contribution in [0.4, 0.5) is 13.2 Å². The van der Waals surface area contributed by atoms with Gasteiger partial charge < -0.3 is 20.1 Å². The van der Waals surface area contributed by atoms with Crippen LogP contribution in [0.3, 0.4) is 0 Å². The highest BCUT2D eigenvalue weighted by Gasteiger charge is 2.57. The van der Waals surface area contributed by atoms with Crippen LogP contribution >= 0.6 is 0 Å². The first-order chi connectivity index (χ1) is 16.6. The van der Waals surface area contributed by atoms with Crippen molar-refractivity contribution in [1.82, 2.24) is 24.6 Å². The molecule has 35 heavy (non-hydrogen) atoms. The molecule has 8 nitrogen and oxygen atoms in total. The molecule has 2 fully saturated rings. The van der Waals surface area contributed by atoms with Crippen molar-refractivity contribution >= 4 is 16.9 Å². The van der Waals surface area contributed by atoms with Gasteiger partial charge in [-0.15, -0.1) is 0 Å². The number of aromatic hydroxyl groups is 1. The van der Waals surface area contributed by atoms with E-state index < -0.39 is 17.7 Å². The molecule has 1 atom stereocenters. The minimum absolute atomic E-state index is 0.0554. The number of amides is 1. The number of aliphatic hydroxyl groups is 1. The topological polar surface area (TPSA) is 107 Å². The number of halogens is 3. The van der Waals surface area contributed by atoms with Gasteiger partial charge in [0.2, 0.25) is 17.4 Å². The van der Waals surface area contributed by atoms with Gasteiger partial charge in [-0.05, 0) is 63.5 Å². The van der Waals surface area contributed by atoms with Crippen LogP contribution in [-0.4, -0.2) is 65.6 Å². The zero-order valence-electron chi connectivity index (χ0n) is 19.3. The van der Waals surface area contributed by atoms with Gasteiger partial charge >= 0.3 is 6.18 Å². The van der Waals surface area contributed by atoms with Crippen molar-refractivity contribution in [2.75, 3.05) is 13.1 Å². The molecule has 3 aromatic rings. The van der Waals surface area contributed by atoms with Crippen molar-refractivity contribution in [1.29, 1.82) is 0 Å². The Kier molecular flexibility index (Phi) is 5.77. The van der Waals surface area contributed by atoms with E-state index in [0.29, 0.717) is 38.1 Å².